The molecule has 8 heteroatoms. The number of fused-ring (bicyclic) bond motifs is 1. The van der Waals surface area contributed by atoms with E-state index in [-0.39, 0.29) is 18.1 Å². The van der Waals surface area contributed by atoms with Crippen molar-refractivity contribution in [1.29, 1.82) is 0 Å². The van der Waals surface area contributed by atoms with E-state index in [9.17, 15) is 4.79 Å². The summed E-state index contributed by atoms with van der Waals surface area (Å²) < 4.78 is 17.5. The molecule has 2 aromatic rings. The lowest BCUT2D eigenvalue weighted by Gasteiger charge is -2.26. The number of nitrogens with one attached hydrogen (secondary N) is 1. The van der Waals surface area contributed by atoms with Crippen LogP contribution in [0.25, 0.3) is 0 Å². The van der Waals surface area contributed by atoms with E-state index in [2.05, 4.69) is 15.6 Å². The second-order valence-corrected chi connectivity index (χ2v) is 6.03. The van der Waals surface area contributed by atoms with Crippen LogP contribution in [0, 0.1) is 0 Å². The molecule has 0 aromatic carbocycles. The van der Waals surface area contributed by atoms with E-state index in [0.717, 1.165) is 16.8 Å². The van der Waals surface area contributed by atoms with Gasteiger partial charge >= 0.3 is 0 Å². The van der Waals surface area contributed by atoms with Crippen molar-refractivity contribution in [3.8, 4) is 0 Å². The van der Waals surface area contributed by atoms with Crippen LogP contribution in [0.3, 0.4) is 0 Å². The zero-order valence-corrected chi connectivity index (χ0v) is 14.3. The number of ether oxygens (including phenoxy) is 2. The van der Waals surface area contributed by atoms with Crippen LogP contribution in [-0.4, -0.2) is 34.1 Å². The molecule has 24 heavy (non-hydrogen) atoms. The van der Waals surface area contributed by atoms with E-state index >= 15 is 0 Å². The Balaban J connectivity index is 1.76. The van der Waals surface area contributed by atoms with Crippen LogP contribution < -0.4 is 5.32 Å². The summed E-state index contributed by atoms with van der Waals surface area (Å²) in [5.74, 6) is -0.210. The summed E-state index contributed by atoms with van der Waals surface area (Å²) in [6, 6.07) is 0. The summed E-state index contributed by atoms with van der Waals surface area (Å²) in [7, 11) is 3.42. The molecule has 1 N–H and O–H groups in total. The molecule has 1 amide bonds. The maximum Gasteiger partial charge on any atom is 0.272 e. The third kappa shape index (κ3) is 3.07. The fourth-order valence-corrected chi connectivity index (χ4v) is 3.16. The third-order valence-corrected chi connectivity index (χ3v) is 4.17. The number of aryl methyl sites for hydroxylation is 1. The van der Waals surface area contributed by atoms with Gasteiger partial charge in [0.25, 0.3) is 5.91 Å². The van der Waals surface area contributed by atoms with Gasteiger partial charge in [-0.25, -0.2) is 0 Å². The molecule has 0 bridgehead atoms. The predicted octanol–water partition coefficient (Wildman–Crippen LogP) is 1.51. The maximum absolute atomic E-state index is 12.6. The van der Waals surface area contributed by atoms with Crippen LogP contribution >= 0.6 is 0 Å². The number of amides is 1. The number of rotatable bonds is 5. The molecular weight excluding hydrogens is 312 g/mol. The minimum Gasteiger partial charge on any atom is -0.378 e. The van der Waals surface area contributed by atoms with E-state index in [1.54, 1.807) is 11.8 Å². The van der Waals surface area contributed by atoms with Gasteiger partial charge < -0.3 is 19.3 Å². The number of aromatic nitrogens is 3. The molecule has 0 spiro atoms. The molecule has 0 fully saturated rings. The minimum absolute atomic E-state index is 0.0645. The quantitative estimate of drug-likeness (QED) is 0.891. The summed E-state index contributed by atoms with van der Waals surface area (Å²) in [5, 5.41) is 11.1. The molecule has 0 unspecified atom stereocenters. The molecule has 0 saturated carbocycles. The van der Waals surface area contributed by atoms with E-state index in [4.69, 9.17) is 14.0 Å². The Morgan fingerprint density at radius 2 is 2.29 bits per heavy atom. The molecule has 0 radical (unpaired) electrons. The van der Waals surface area contributed by atoms with Crippen molar-refractivity contribution in [2.45, 2.75) is 45.6 Å². The molecule has 2 atom stereocenters. The van der Waals surface area contributed by atoms with E-state index in [0.29, 0.717) is 31.0 Å². The van der Waals surface area contributed by atoms with E-state index < -0.39 is 0 Å². The largest absolute Gasteiger partial charge is 0.378 e. The molecule has 0 saturated heterocycles. The Morgan fingerprint density at radius 3 is 3.04 bits per heavy atom. The zero-order chi connectivity index (χ0) is 17.3. The van der Waals surface area contributed by atoms with Crippen LogP contribution in [0.4, 0.5) is 0 Å². The second kappa shape index (κ2) is 6.74. The molecule has 3 rings (SSSR count). The van der Waals surface area contributed by atoms with Crippen molar-refractivity contribution in [2.75, 3.05) is 7.11 Å². The van der Waals surface area contributed by atoms with Gasteiger partial charge in [0.1, 0.15) is 12.0 Å². The molecule has 2 aromatic heterocycles. The summed E-state index contributed by atoms with van der Waals surface area (Å²) in [4.78, 5) is 12.6. The Bertz CT molecular complexity index is 737. The highest BCUT2D eigenvalue weighted by Gasteiger charge is 2.31. The summed E-state index contributed by atoms with van der Waals surface area (Å²) in [5.41, 5.74) is 3.85. The molecule has 0 aliphatic carbocycles. The number of carbonyl (C=O) groups is 1. The van der Waals surface area contributed by atoms with Crippen LogP contribution in [0.2, 0.25) is 0 Å². The number of nitrogens with zero attached hydrogens (tertiary/aromatic N) is 3. The first kappa shape index (κ1) is 16.7. The smallest absolute Gasteiger partial charge is 0.272 e. The topological polar surface area (TPSA) is 91.4 Å². The fourth-order valence-electron chi connectivity index (χ4n) is 3.16. The number of methoxy groups -OCH3 is 1. The standard InChI is InChI=1S/C16H22N4O4/c1-9-5-12-14(18-20(3)15(12)10(2)24-9)16(21)17-6-11-7-23-19-13(11)8-22-4/h7,9-10H,5-6,8H2,1-4H3,(H,17,21)/t9-,10+/m0/s1. The first-order valence-corrected chi connectivity index (χ1v) is 7.91. The highest BCUT2D eigenvalue weighted by atomic mass is 16.5. The molecule has 3 heterocycles. The maximum atomic E-state index is 12.6. The summed E-state index contributed by atoms with van der Waals surface area (Å²) in [6.45, 7) is 4.63. The monoisotopic (exact) mass is 334 g/mol. The number of hydrogen-bond donors (Lipinski definition) is 1. The normalized spacial score (nSPS) is 20.0. The Morgan fingerprint density at radius 1 is 1.50 bits per heavy atom. The van der Waals surface area contributed by atoms with Crippen molar-refractivity contribution in [3.05, 3.63) is 34.5 Å². The zero-order valence-electron chi connectivity index (χ0n) is 14.3. The van der Waals surface area contributed by atoms with E-state index in [1.165, 1.54) is 6.26 Å². The van der Waals surface area contributed by atoms with Crippen LogP contribution in [0.1, 0.15) is 53.0 Å². The number of hydrogen-bond acceptors (Lipinski definition) is 6. The van der Waals surface area contributed by atoms with Gasteiger partial charge in [-0.1, -0.05) is 5.16 Å². The SMILES string of the molecule is COCc1nocc1CNC(=O)c1nn(C)c2c1C[C@H](C)O[C@@H]2C. The first-order chi connectivity index (χ1) is 11.5. The van der Waals surface area contributed by atoms with Crippen molar-refractivity contribution in [1.82, 2.24) is 20.3 Å². The van der Waals surface area contributed by atoms with E-state index in [1.807, 2.05) is 20.9 Å². The predicted molar refractivity (Wildman–Crippen MR) is 84.3 cm³/mol. The number of carbonyl (C=O) groups excluding carboxylic acids is 1. The van der Waals surface area contributed by atoms with Gasteiger partial charge in [-0.05, 0) is 13.8 Å². The fraction of sp³-hybridized carbons (Fsp3) is 0.562. The van der Waals surface area contributed by atoms with Crippen LogP contribution in [0.5, 0.6) is 0 Å². The van der Waals surface area contributed by atoms with Crippen molar-refractivity contribution in [2.24, 2.45) is 7.05 Å². The second-order valence-electron chi connectivity index (χ2n) is 6.03. The Hall–Kier alpha value is -2.19. The van der Waals surface area contributed by atoms with Gasteiger partial charge in [0.2, 0.25) is 0 Å². The Labute approximate surface area is 140 Å². The molecule has 1 aliphatic rings. The van der Waals surface area contributed by atoms with Crippen LogP contribution in [0.15, 0.2) is 10.8 Å². The van der Waals surface area contributed by atoms with Crippen molar-refractivity contribution in [3.63, 3.8) is 0 Å². The average Bonchev–Trinajstić information content (AvgIpc) is 3.10. The van der Waals surface area contributed by atoms with Gasteiger partial charge in [0.05, 0.1) is 24.5 Å². The van der Waals surface area contributed by atoms with Gasteiger partial charge in [0.15, 0.2) is 5.69 Å². The molecule has 1 aliphatic heterocycles. The van der Waals surface area contributed by atoms with Gasteiger partial charge in [0, 0.05) is 38.2 Å². The summed E-state index contributed by atoms with van der Waals surface area (Å²) >= 11 is 0. The Kier molecular flexibility index (Phi) is 4.68. The first-order valence-electron chi connectivity index (χ1n) is 7.91. The lowest BCUT2D eigenvalue weighted by molar-refractivity contribution is -0.00903. The minimum atomic E-state index is -0.210. The van der Waals surface area contributed by atoms with Gasteiger partial charge in [-0.2, -0.15) is 5.10 Å². The van der Waals surface area contributed by atoms with Gasteiger partial charge in [-0.3, -0.25) is 9.48 Å². The molecule has 130 valence electrons. The highest BCUT2D eigenvalue weighted by Crippen LogP contribution is 2.31. The average molecular weight is 334 g/mol. The lowest BCUT2D eigenvalue weighted by Crippen LogP contribution is -2.27. The lowest BCUT2D eigenvalue weighted by atomic mass is 9.99. The van der Waals surface area contributed by atoms with Crippen LogP contribution in [-0.2, 0) is 36.1 Å². The molecule has 8 nitrogen and oxygen atoms in total. The van der Waals surface area contributed by atoms with Crippen molar-refractivity contribution >= 4 is 5.91 Å². The molecular formula is C16H22N4O4. The van der Waals surface area contributed by atoms with Gasteiger partial charge in [-0.15, -0.1) is 0 Å². The summed E-state index contributed by atoms with van der Waals surface area (Å²) in [6.07, 6.45) is 2.18. The van der Waals surface area contributed by atoms with Crippen molar-refractivity contribution < 1.29 is 18.8 Å². The highest BCUT2D eigenvalue weighted by molar-refractivity contribution is 5.94. The third-order valence-electron chi connectivity index (χ3n) is 4.17.